The molecule has 0 saturated heterocycles. The molecule has 0 spiro atoms. The van der Waals surface area contributed by atoms with Crippen LogP contribution < -0.4 is 15.2 Å². The molecule has 0 aliphatic carbocycles. The van der Waals surface area contributed by atoms with Gasteiger partial charge < -0.3 is 15.2 Å². The van der Waals surface area contributed by atoms with E-state index in [9.17, 15) is 17.6 Å². The summed E-state index contributed by atoms with van der Waals surface area (Å²) in [7, 11) is -1.51. The van der Waals surface area contributed by atoms with Crippen LogP contribution >= 0.6 is 0 Å². The molecular weight excluding hydrogens is 277 g/mol. The fraction of sp³-hybridized carbons (Fsp3) is 0.364. The molecular formula is C11H14FNO5S. The van der Waals surface area contributed by atoms with E-state index >= 15 is 0 Å². The van der Waals surface area contributed by atoms with Crippen molar-refractivity contribution in [2.75, 3.05) is 27.0 Å². The average molecular weight is 291 g/mol. The minimum atomic E-state index is -3.88. The molecule has 0 saturated carbocycles. The van der Waals surface area contributed by atoms with Crippen molar-refractivity contribution >= 4 is 15.6 Å². The topological polar surface area (TPSA) is 95.7 Å². The second kappa shape index (κ2) is 5.54. The molecule has 1 aromatic carbocycles. The second-order valence-corrected chi connectivity index (χ2v) is 5.65. The fourth-order valence-corrected chi connectivity index (χ4v) is 2.57. The smallest absolute Gasteiger partial charge is 0.183 e. The van der Waals surface area contributed by atoms with E-state index < -0.39 is 26.3 Å². The Labute approximate surface area is 110 Å². The third-order valence-electron chi connectivity index (χ3n) is 2.41. The van der Waals surface area contributed by atoms with Crippen LogP contribution in [0.25, 0.3) is 0 Å². The SMILES string of the molecule is COc1c(C(=O)CN)cc(F)c(S(C)(=O)=O)c1OC. The molecule has 6 nitrogen and oxygen atoms in total. The van der Waals surface area contributed by atoms with E-state index in [0.29, 0.717) is 0 Å². The van der Waals surface area contributed by atoms with Crippen LogP contribution in [0.15, 0.2) is 11.0 Å². The van der Waals surface area contributed by atoms with E-state index in [1.165, 1.54) is 7.11 Å². The number of hydrogen-bond acceptors (Lipinski definition) is 6. The summed E-state index contributed by atoms with van der Waals surface area (Å²) in [5.74, 6) is -2.17. The molecule has 106 valence electrons. The van der Waals surface area contributed by atoms with Gasteiger partial charge in [-0.3, -0.25) is 4.79 Å². The van der Waals surface area contributed by atoms with Crippen molar-refractivity contribution in [3.8, 4) is 11.5 Å². The van der Waals surface area contributed by atoms with E-state index in [1.54, 1.807) is 0 Å². The number of benzene rings is 1. The first-order chi connectivity index (χ1) is 8.77. The zero-order valence-electron chi connectivity index (χ0n) is 10.7. The number of nitrogens with two attached hydrogens (primary N) is 1. The van der Waals surface area contributed by atoms with Crippen LogP contribution in [0.2, 0.25) is 0 Å². The molecule has 0 bridgehead atoms. The van der Waals surface area contributed by atoms with Crippen LogP contribution in [0.5, 0.6) is 11.5 Å². The Morgan fingerprint density at radius 2 is 1.84 bits per heavy atom. The Bertz CT molecular complexity index is 612. The van der Waals surface area contributed by atoms with E-state index in [2.05, 4.69) is 0 Å². The Balaban J connectivity index is 3.79. The molecule has 2 N–H and O–H groups in total. The lowest BCUT2D eigenvalue weighted by molar-refractivity contribution is 0.0997. The quantitative estimate of drug-likeness (QED) is 0.788. The van der Waals surface area contributed by atoms with Gasteiger partial charge in [0.05, 0.1) is 26.3 Å². The maximum Gasteiger partial charge on any atom is 0.183 e. The number of ether oxygens (including phenoxy) is 2. The van der Waals surface area contributed by atoms with Gasteiger partial charge in [-0.2, -0.15) is 0 Å². The van der Waals surface area contributed by atoms with Crippen molar-refractivity contribution < 1.29 is 27.1 Å². The van der Waals surface area contributed by atoms with Crippen molar-refractivity contribution in [3.63, 3.8) is 0 Å². The summed E-state index contributed by atoms with van der Waals surface area (Å²) in [4.78, 5) is 10.9. The molecule has 0 aliphatic rings. The van der Waals surface area contributed by atoms with E-state index in [0.717, 1.165) is 19.4 Å². The molecule has 0 aromatic heterocycles. The normalized spacial score (nSPS) is 11.2. The van der Waals surface area contributed by atoms with Gasteiger partial charge in [-0.25, -0.2) is 12.8 Å². The lowest BCUT2D eigenvalue weighted by atomic mass is 10.1. The third kappa shape index (κ3) is 2.85. The average Bonchev–Trinajstić information content (AvgIpc) is 2.34. The predicted octanol–water partition coefficient (Wildman–Crippen LogP) is 0.388. The molecule has 19 heavy (non-hydrogen) atoms. The molecule has 1 rings (SSSR count). The minimum absolute atomic E-state index is 0.153. The maximum absolute atomic E-state index is 13.9. The van der Waals surface area contributed by atoms with Crippen LogP contribution in [0.4, 0.5) is 4.39 Å². The number of halogens is 1. The Morgan fingerprint density at radius 1 is 1.32 bits per heavy atom. The van der Waals surface area contributed by atoms with Crippen molar-refractivity contribution in [3.05, 3.63) is 17.4 Å². The highest BCUT2D eigenvalue weighted by Crippen LogP contribution is 2.39. The second-order valence-electron chi connectivity index (χ2n) is 3.70. The zero-order chi connectivity index (χ0) is 14.8. The molecule has 0 radical (unpaired) electrons. The van der Waals surface area contributed by atoms with Gasteiger partial charge in [-0.15, -0.1) is 0 Å². The van der Waals surface area contributed by atoms with Gasteiger partial charge in [-0.1, -0.05) is 0 Å². The molecule has 0 unspecified atom stereocenters. The minimum Gasteiger partial charge on any atom is -0.492 e. The van der Waals surface area contributed by atoms with Crippen LogP contribution in [-0.2, 0) is 9.84 Å². The summed E-state index contributed by atoms with van der Waals surface area (Å²) >= 11 is 0. The number of rotatable bonds is 5. The highest BCUT2D eigenvalue weighted by molar-refractivity contribution is 7.90. The van der Waals surface area contributed by atoms with Gasteiger partial charge in [0.1, 0.15) is 10.7 Å². The summed E-state index contributed by atoms with van der Waals surface area (Å²) in [6.45, 7) is -0.364. The van der Waals surface area contributed by atoms with Crippen molar-refractivity contribution in [1.29, 1.82) is 0 Å². The first kappa shape index (κ1) is 15.4. The Hall–Kier alpha value is -1.67. The van der Waals surface area contributed by atoms with Crippen LogP contribution in [0.3, 0.4) is 0 Å². The molecule has 1 aromatic rings. The monoisotopic (exact) mass is 291 g/mol. The number of hydrogen-bond donors (Lipinski definition) is 1. The van der Waals surface area contributed by atoms with Crippen molar-refractivity contribution in [2.45, 2.75) is 4.90 Å². The van der Waals surface area contributed by atoms with Gasteiger partial charge in [0.25, 0.3) is 0 Å². The number of Topliss-reactive ketones (excluding diaryl/α,β-unsaturated/α-hetero) is 1. The Kier molecular flexibility index (Phi) is 4.48. The number of carbonyl (C=O) groups excluding carboxylic acids is 1. The van der Waals surface area contributed by atoms with Crippen molar-refractivity contribution in [2.24, 2.45) is 5.73 Å². The standard InChI is InChI=1S/C11H14FNO5S/c1-17-9-6(8(14)5-13)4-7(12)11(10(9)18-2)19(3,15)16/h4H,5,13H2,1-3H3. The number of ketones is 1. The fourth-order valence-electron chi connectivity index (χ4n) is 1.64. The summed E-state index contributed by atoms with van der Waals surface area (Å²) in [6.07, 6.45) is 0.831. The van der Waals surface area contributed by atoms with Gasteiger partial charge in [0, 0.05) is 6.26 Å². The largest absolute Gasteiger partial charge is 0.492 e. The maximum atomic E-state index is 13.9. The number of carbonyl (C=O) groups is 1. The van der Waals surface area contributed by atoms with Gasteiger partial charge in [0.2, 0.25) is 0 Å². The summed E-state index contributed by atoms with van der Waals surface area (Å²) in [5.41, 5.74) is 5.05. The van der Waals surface area contributed by atoms with E-state index in [4.69, 9.17) is 15.2 Å². The summed E-state index contributed by atoms with van der Waals surface area (Å²) in [5, 5.41) is 0. The Morgan fingerprint density at radius 3 is 2.21 bits per heavy atom. The number of methoxy groups -OCH3 is 2. The van der Waals surface area contributed by atoms with Crippen LogP contribution in [-0.4, -0.2) is 41.2 Å². The van der Waals surface area contributed by atoms with Crippen LogP contribution in [0, 0.1) is 5.82 Å². The molecule has 0 atom stereocenters. The van der Waals surface area contributed by atoms with Gasteiger partial charge in [0.15, 0.2) is 27.1 Å². The molecule has 0 fully saturated rings. The molecule has 8 heteroatoms. The molecule has 0 heterocycles. The highest BCUT2D eigenvalue weighted by atomic mass is 32.2. The predicted molar refractivity (Wildman–Crippen MR) is 66.0 cm³/mol. The summed E-state index contributed by atoms with van der Waals surface area (Å²) in [6, 6.07) is 0.785. The highest BCUT2D eigenvalue weighted by Gasteiger charge is 2.28. The van der Waals surface area contributed by atoms with Gasteiger partial charge in [-0.05, 0) is 6.07 Å². The lowest BCUT2D eigenvalue weighted by Crippen LogP contribution is -2.17. The molecule has 0 amide bonds. The first-order valence-corrected chi connectivity index (χ1v) is 7.04. The lowest BCUT2D eigenvalue weighted by Gasteiger charge is -2.15. The zero-order valence-corrected chi connectivity index (χ0v) is 11.5. The number of sulfone groups is 1. The van der Waals surface area contributed by atoms with E-state index in [1.807, 2.05) is 0 Å². The summed E-state index contributed by atoms with van der Waals surface area (Å²) < 4.78 is 46.9. The molecule has 0 aliphatic heterocycles. The van der Waals surface area contributed by atoms with Crippen LogP contribution in [0.1, 0.15) is 10.4 Å². The first-order valence-electron chi connectivity index (χ1n) is 5.15. The third-order valence-corrected chi connectivity index (χ3v) is 3.53. The van der Waals surface area contributed by atoms with Crippen molar-refractivity contribution in [1.82, 2.24) is 0 Å². The van der Waals surface area contributed by atoms with Gasteiger partial charge >= 0.3 is 0 Å². The van der Waals surface area contributed by atoms with E-state index in [-0.39, 0.29) is 23.6 Å².